The van der Waals surface area contributed by atoms with Crippen LogP contribution in [0.15, 0.2) is 36.4 Å². The van der Waals surface area contributed by atoms with Gasteiger partial charge >= 0.3 is 0 Å². The predicted octanol–water partition coefficient (Wildman–Crippen LogP) is 3.58. The van der Waals surface area contributed by atoms with Crippen LogP contribution in [0.4, 0.5) is 10.2 Å². The maximum absolute atomic E-state index is 12.9. The summed E-state index contributed by atoms with van der Waals surface area (Å²) in [5, 5.41) is 3.30. The van der Waals surface area contributed by atoms with E-state index in [9.17, 15) is 4.39 Å². The molecule has 0 aliphatic heterocycles. The Balaban J connectivity index is 2.49. The minimum absolute atomic E-state index is 0.349. The van der Waals surface area contributed by atoms with Crippen molar-refractivity contribution in [2.24, 2.45) is 0 Å². The molecule has 0 saturated carbocycles. The number of halogens is 2. The highest BCUT2D eigenvalue weighted by atomic mass is 35.5. The van der Waals surface area contributed by atoms with Crippen LogP contribution in [-0.2, 0) is 0 Å². The third-order valence-corrected chi connectivity index (χ3v) is 2.53. The molecule has 2 aromatic rings. The second-order valence-electron chi connectivity index (χ2n) is 3.28. The number of hydrogen-bond acceptors (Lipinski definition) is 2. The lowest BCUT2D eigenvalue weighted by Crippen LogP contribution is -1.93. The van der Waals surface area contributed by atoms with Crippen molar-refractivity contribution >= 4 is 17.4 Å². The first kappa shape index (κ1) is 10.9. The number of rotatable bonds is 2. The van der Waals surface area contributed by atoms with Crippen LogP contribution in [0.2, 0.25) is 5.02 Å². The second-order valence-corrected chi connectivity index (χ2v) is 3.69. The summed E-state index contributed by atoms with van der Waals surface area (Å²) >= 11 is 5.96. The molecule has 0 saturated heterocycles. The molecule has 0 unspecified atom stereocenters. The van der Waals surface area contributed by atoms with Gasteiger partial charge in [0.1, 0.15) is 11.6 Å². The molecule has 0 aliphatic rings. The predicted molar refractivity (Wildman–Crippen MR) is 64.2 cm³/mol. The Morgan fingerprint density at radius 3 is 2.75 bits per heavy atom. The number of benzene rings is 1. The van der Waals surface area contributed by atoms with Gasteiger partial charge in [0.05, 0.1) is 10.7 Å². The van der Waals surface area contributed by atoms with Gasteiger partial charge in [-0.3, -0.25) is 0 Å². The molecule has 1 N–H and O–H groups in total. The number of pyridine rings is 1. The zero-order chi connectivity index (χ0) is 11.5. The minimum atomic E-state index is -0.349. The van der Waals surface area contributed by atoms with Gasteiger partial charge in [0.2, 0.25) is 0 Å². The van der Waals surface area contributed by atoms with Crippen molar-refractivity contribution in [1.82, 2.24) is 4.98 Å². The van der Waals surface area contributed by atoms with Crippen molar-refractivity contribution in [3.05, 3.63) is 47.2 Å². The van der Waals surface area contributed by atoms with Gasteiger partial charge in [0.25, 0.3) is 0 Å². The highest BCUT2D eigenvalue weighted by molar-refractivity contribution is 6.33. The lowest BCUT2D eigenvalue weighted by molar-refractivity contribution is 0.628. The molecule has 0 spiro atoms. The van der Waals surface area contributed by atoms with Crippen molar-refractivity contribution in [3.8, 4) is 11.3 Å². The van der Waals surface area contributed by atoms with Crippen molar-refractivity contribution in [2.45, 2.75) is 0 Å². The molecular formula is C12H10ClFN2. The molecule has 0 bridgehead atoms. The lowest BCUT2D eigenvalue weighted by atomic mass is 10.1. The van der Waals surface area contributed by atoms with Gasteiger partial charge in [-0.15, -0.1) is 0 Å². The van der Waals surface area contributed by atoms with E-state index in [4.69, 9.17) is 11.6 Å². The Kier molecular flexibility index (Phi) is 3.06. The first-order valence-electron chi connectivity index (χ1n) is 4.81. The van der Waals surface area contributed by atoms with Crippen LogP contribution in [0.1, 0.15) is 0 Å². The van der Waals surface area contributed by atoms with Gasteiger partial charge in [-0.25, -0.2) is 9.37 Å². The summed E-state index contributed by atoms with van der Waals surface area (Å²) in [7, 11) is 1.79. The van der Waals surface area contributed by atoms with E-state index in [2.05, 4.69) is 10.3 Å². The fraction of sp³-hybridized carbons (Fsp3) is 0.0833. The smallest absolute Gasteiger partial charge is 0.126 e. The molecular weight excluding hydrogens is 227 g/mol. The van der Waals surface area contributed by atoms with Crippen LogP contribution in [0.3, 0.4) is 0 Å². The first-order valence-corrected chi connectivity index (χ1v) is 5.19. The van der Waals surface area contributed by atoms with E-state index in [0.29, 0.717) is 5.02 Å². The third-order valence-electron chi connectivity index (χ3n) is 2.21. The summed E-state index contributed by atoms with van der Waals surface area (Å²) in [6, 6.07) is 9.83. The summed E-state index contributed by atoms with van der Waals surface area (Å²) in [5.74, 6) is 0.399. The average molecular weight is 237 g/mol. The van der Waals surface area contributed by atoms with Crippen LogP contribution in [0.25, 0.3) is 11.3 Å². The Morgan fingerprint density at radius 1 is 1.25 bits per heavy atom. The largest absolute Gasteiger partial charge is 0.373 e. The lowest BCUT2D eigenvalue weighted by Gasteiger charge is -2.05. The van der Waals surface area contributed by atoms with Crippen LogP contribution in [-0.4, -0.2) is 12.0 Å². The molecule has 16 heavy (non-hydrogen) atoms. The summed E-state index contributed by atoms with van der Waals surface area (Å²) < 4.78 is 12.9. The van der Waals surface area contributed by atoms with Gasteiger partial charge in [-0.1, -0.05) is 17.7 Å². The summed E-state index contributed by atoms with van der Waals surface area (Å²) in [4.78, 5) is 4.33. The van der Waals surface area contributed by atoms with Crippen molar-refractivity contribution in [1.29, 1.82) is 0 Å². The Morgan fingerprint density at radius 2 is 2.06 bits per heavy atom. The summed E-state index contributed by atoms with van der Waals surface area (Å²) in [6.45, 7) is 0. The highest BCUT2D eigenvalue weighted by Gasteiger charge is 2.06. The van der Waals surface area contributed by atoms with Gasteiger partial charge < -0.3 is 5.32 Å². The number of hydrogen-bond donors (Lipinski definition) is 1. The molecule has 0 radical (unpaired) electrons. The third kappa shape index (κ3) is 2.14. The fourth-order valence-corrected chi connectivity index (χ4v) is 1.69. The van der Waals surface area contributed by atoms with Gasteiger partial charge in [0, 0.05) is 12.6 Å². The number of nitrogens with zero attached hydrogens (tertiary/aromatic N) is 1. The molecule has 1 heterocycles. The average Bonchev–Trinajstić information content (AvgIpc) is 2.29. The monoisotopic (exact) mass is 236 g/mol. The Labute approximate surface area is 98.1 Å². The van der Waals surface area contributed by atoms with Crippen molar-refractivity contribution < 1.29 is 4.39 Å². The molecule has 0 amide bonds. The number of aromatic nitrogens is 1. The molecule has 1 aromatic heterocycles. The van der Waals surface area contributed by atoms with Gasteiger partial charge in [-0.05, 0) is 30.3 Å². The molecule has 0 fully saturated rings. The van der Waals surface area contributed by atoms with Crippen molar-refractivity contribution in [2.75, 3.05) is 12.4 Å². The van der Waals surface area contributed by atoms with E-state index in [1.165, 1.54) is 12.1 Å². The van der Waals surface area contributed by atoms with E-state index < -0.39 is 0 Å². The standard InChI is InChI=1S/C12H10ClFN2/c1-15-12-4-2-3-11(16-12)9-6-5-8(14)7-10(9)13/h2-7H,1H3,(H,15,16). The molecule has 2 rings (SSSR count). The maximum atomic E-state index is 12.9. The fourth-order valence-electron chi connectivity index (χ4n) is 1.42. The van der Waals surface area contributed by atoms with E-state index in [-0.39, 0.29) is 5.82 Å². The summed E-state index contributed by atoms with van der Waals surface area (Å²) in [6.07, 6.45) is 0. The van der Waals surface area contributed by atoms with E-state index in [1.54, 1.807) is 13.1 Å². The molecule has 4 heteroatoms. The molecule has 1 aromatic carbocycles. The normalized spacial score (nSPS) is 10.2. The zero-order valence-corrected chi connectivity index (χ0v) is 9.42. The topological polar surface area (TPSA) is 24.9 Å². The summed E-state index contributed by atoms with van der Waals surface area (Å²) in [5.41, 5.74) is 1.44. The highest BCUT2D eigenvalue weighted by Crippen LogP contribution is 2.27. The molecule has 0 aliphatic carbocycles. The zero-order valence-electron chi connectivity index (χ0n) is 8.67. The SMILES string of the molecule is CNc1cccc(-c2ccc(F)cc2Cl)n1. The number of anilines is 1. The molecule has 0 atom stereocenters. The van der Waals surface area contributed by atoms with Gasteiger partial charge in [-0.2, -0.15) is 0 Å². The number of nitrogens with one attached hydrogen (secondary N) is 1. The minimum Gasteiger partial charge on any atom is -0.373 e. The van der Waals surface area contributed by atoms with Gasteiger partial charge in [0.15, 0.2) is 0 Å². The first-order chi connectivity index (χ1) is 7.70. The van der Waals surface area contributed by atoms with Crippen LogP contribution < -0.4 is 5.32 Å². The van der Waals surface area contributed by atoms with Crippen LogP contribution >= 0.6 is 11.6 Å². The van der Waals surface area contributed by atoms with E-state index in [1.807, 2.05) is 18.2 Å². The Bertz CT molecular complexity index is 514. The van der Waals surface area contributed by atoms with Crippen molar-refractivity contribution in [3.63, 3.8) is 0 Å². The van der Waals surface area contributed by atoms with E-state index in [0.717, 1.165) is 17.1 Å². The molecule has 82 valence electrons. The quantitative estimate of drug-likeness (QED) is 0.862. The van der Waals surface area contributed by atoms with Crippen LogP contribution in [0, 0.1) is 5.82 Å². The molecule has 2 nitrogen and oxygen atoms in total. The van der Waals surface area contributed by atoms with E-state index >= 15 is 0 Å². The maximum Gasteiger partial charge on any atom is 0.126 e. The van der Waals surface area contributed by atoms with Crippen LogP contribution in [0.5, 0.6) is 0 Å². The Hall–Kier alpha value is -1.61. The second kappa shape index (κ2) is 4.49.